The number of benzene rings is 3. The fourth-order valence-electron chi connectivity index (χ4n) is 3.52. The maximum atomic E-state index is 14.7. The van der Waals surface area contributed by atoms with Crippen LogP contribution in [0, 0.1) is 0 Å². The lowest BCUT2D eigenvalue weighted by Crippen LogP contribution is -2.25. The monoisotopic (exact) mass is 426 g/mol. The van der Waals surface area contributed by atoms with Gasteiger partial charge in [0.25, 0.3) is 0 Å². The van der Waals surface area contributed by atoms with Crippen LogP contribution in [-0.4, -0.2) is 26.7 Å². The van der Waals surface area contributed by atoms with E-state index in [1.54, 1.807) is 0 Å². The first-order chi connectivity index (χ1) is 13.4. The summed E-state index contributed by atoms with van der Waals surface area (Å²) in [4.78, 5) is 0. The minimum absolute atomic E-state index is 0.0362. The van der Waals surface area contributed by atoms with Gasteiger partial charge in [0.15, 0.2) is 7.14 Å². The topological polar surface area (TPSA) is 17.1 Å². The molecule has 28 heavy (non-hydrogen) atoms. The molecule has 146 valence electrons. The van der Waals surface area contributed by atoms with E-state index in [9.17, 15) is 4.57 Å². The van der Waals surface area contributed by atoms with Crippen molar-refractivity contribution in [1.29, 1.82) is 0 Å². The van der Waals surface area contributed by atoms with Crippen LogP contribution in [0.3, 0.4) is 0 Å². The third-order valence-corrected chi connectivity index (χ3v) is 9.70. The Morgan fingerprint density at radius 3 is 1.46 bits per heavy atom. The van der Waals surface area contributed by atoms with Crippen molar-refractivity contribution in [2.75, 3.05) is 26.7 Å². The van der Waals surface area contributed by atoms with Crippen LogP contribution in [0.5, 0.6) is 0 Å². The zero-order valence-corrected chi connectivity index (χ0v) is 19.9. The minimum atomic E-state index is -2.90. The second kappa shape index (κ2) is 9.50. The average molecular weight is 426 g/mol. The molecular weight excluding hydrogens is 397 g/mol. The van der Waals surface area contributed by atoms with Crippen molar-refractivity contribution in [2.24, 2.45) is 0 Å². The van der Waals surface area contributed by atoms with Crippen molar-refractivity contribution in [2.45, 2.75) is 12.3 Å². The molecule has 1 nitrogen and oxygen atoms in total. The Morgan fingerprint density at radius 2 is 1.04 bits per heavy atom. The molecule has 0 aliphatic rings. The largest absolute Gasteiger partial charge is 0.309 e. The maximum Gasteiger partial charge on any atom is 0.171 e. The number of hydrogen-bond donors (Lipinski definition) is 0. The van der Waals surface area contributed by atoms with Crippen LogP contribution in [0.25, 0.3) is 0 Å². The molecule has 0 N–H and O–H groups in total. The zero-order chi connectivity index (χ0) is 20.1. The smallest absolute Gasteiger partial charge is 0.171 e. The minimum Gasteiger partial charge on any atom is -0.309 e. The highest BCUT2D eigenvalue weighted by atomic mass is 31.2. The Balaban J connectivity index is 2.17. The first-order valence-electron chi connectivity index (χ1n) is 9.54. The van der Waals surface area contributed by atoms with Gasteiger partial charge >= 0.3 is 0 Å². The van der Waals surface area contributed by atoms with E-state index in [4.69, 9.17) is 0 Å². The fraction of sp³-hybridized carbons (Fsp3) is 0.250. The van der Waals surface area contributed by atoms with Crippen molar-refractivity contribution in [1.82, 2.24) is 0 Å². The van der Waals surface area contributed by atoms with Gasteiger partial charge < -0.3 is 4.57 Å². The molecule has 0 aliphatic carbocycles. The average Bonchev–Trinajstić information content (AvgIpc) is 2.67. The molecule has 3 rings (SSSR count). The highest BCUT2D eigenvalue weighted by Gasteiger charge is 2.30. The zero-order valence-electron chi connectivity index (χ0n) is 17.2. The predicted octanol–water partition coefficient (Wildman–Crippen LogP) is 5.81. The summed E-state index contributed by atoms with van der Waals surface area (Å²) in [5.41, 5.74) is 2.57. The lowest BCUT2D eigenvalue weighted by molar-refractivity contribution is 0.592. The highest BCUT2D eigenvalue weighted by molar-refractivity contribution is 7.85. The first-order valence-corrected chi connectivity index (χ1v) is 16.1. The van der Waals surface area contributed by atoms with Crippen LogP contribution in [0.4, 0.5) is 0 Å². The van der Waals surface area contributed by atoms with Crippen LogP contribution >= 0.6 is 23.0 Å². The molecule has 0 aromatic heterocycles. The van der Waals surface area contributed by atoms with Gasteiger partial charge in [-0.2, -0.15) is 0 Å². The van der Waals surface area contributed by atoms with Gasteiger partial charge in [-0.05, 0) is 62.2 Å². The molecule has 0 heterocycles. The van der Waals surface area contributed by atoms with Crippen molar-refractivity contribution < 1.29 is 4.57 Å². The molecule has 3 aromatic rings. The summed E-state index contributed by atoms with van der Waals surface area (Å²) in [5, 5.41) is 2.80. The third-order valence-electron chi connectivity index (χ3n) is 4.67. The van der Waals surface area contributed by atoms with E-state index in [2.05, 4.69) is 63.1 Å². The van der Waals surface area contributed by atoms with Gasteiger partial charge in [0.2, 0.25) is 0 Å². The summed E-state index contributed by atoms with van der Waals surface area (Å²) < 4.78 is 14.7. The second-order valence-electron chi connectivity index (χ2n) is 7.76. The van der Waals surface area contributed by atoms with Gasteiger partial charge in [0.05, 0.1) is 0 Å². The van der Waals surface area contributed by atoms with E-state index in [-0.39, 0.29) is 15.8 Å². The standard InChI is InChI=1S/C24H29OP3/c1-26(2)18-20-10-8-14-23(16-20)28(25,22-12-6-5-7-13-22)24-15-9-11-21(17-24)19-27(3)4/h5-17H,18-19H2,1-4H3. The summed E-state index contributed by atoms with van der Waals surface area (Å²) in [7, 11) is -2.98. The fourth-order valence-corrected chi connectivity index (χ4v) is 8.14. The van der Waals surface area contributed by atoms with Crippen LogP contribution in [0.1, 0.15) is 11.1 Å². The molecule has 0 bridgehead atoms. The highest BCUT2D eigenvalue weighted by Crippen LogP contribution is 2.43. The van der Waals surface area contributed by atoms with Crippen LogP contribution < -0.4 is 15.9 Å². The number of rotatable bonds is 7. The van der Waals surface area contributed by atoms with Gasteiger partial charge in [-0.15, -0.1) is 15.8 Å². The Bertz CT molecular complexity index is 907. The lowest BCUT2D eigenvalue weighted by atomic mass is 10.2. The Labute approximate surface area is 172 Å². The second-order valence-corrected chi connectivity index (χ2v) is 15.5. The van der Waals surface area contributed by atoms with Crippen LogP contribution in [0.2, 0.25) is 0 Å². The molecule has 0 aliphatic heterocycles. The molecule has 0 unspecified atom stereocenters. The summed E-state index contributed by atoms with van der Waals surface area (Å²) in [5.74, 6) is 0. The van der Waals surface area contributed by atoms with Gasteiger partial charge in [0, 0.05) is 15.9 Å². The van der Waals surface area contributed by atoms with E-state index in [0.717, 1.165) is 28.2 Å². The van der Waals surface area contributed by atoms with Gasteiger partial charge in [-0.1, -0.05) is 66.7 Å². The molecule has 0 saturated heterocycles. The maximum absolute atomic E-state index is 14.7. The van der Waals surface area contributed by atoms with Crippen molar-refractivity contribution in [3.05, 3.63) is 90.0 Å². The molecule has 0 radical (unpaired) electrons. The van der Waals surface area contributed by atoms with E-state index >= 15 is 0 Å². The van der Waals surface area contributed by atoms with E-state index < -0.39 is 7.14 Å². The first kappa shape index (κ1) is 21.5. The molecule has 0 fully saturated rings. The van der Waals surface area contributed by atoms with Crippen molar-refractivity contribution >= 4 is 38.9 Å². The normalized spacial score (nSPS) is 11.9. The summed E-state index contributed by atoms with van der Waals surface area (Å²) in [6.45, 7) is 9.15. The molecule has 0 amide bonds. The molecule has 0 atom stereocenters. The van der Waals surface area contributed by atoms with E-state index in [1.165, 1.54) is 11.1 Å². The molecule has 0 spiro atoms. The molecule has 4 heteroatoms. The van der Waals surface area contributed by atoms with Crippen molar-refractivity contribution in [3.8, 4) is 0 Å². The van der Waals surface area contributed by atoms with E-state index in [0.29, 0.717) is 0 Å². The van der Waals surface area contributed by atoms with Crippen LogP contribution in [0.15, 0.2) is 78.9 Å². The lowest BCUT2D eigenvalue weighted by Gasteiger charge is -2.22. The summed E-state index contributed by atoms with van der Waals surface area (Å²) in [6, 6.07) is 26.9. The molecule has 0 saturated carbocycles. The van der Waals surface area contributed by atoms with Gasteiger partial charge in [-0.3, -0.25) is 0 Å². The Morgan fingerprint density at radius 1 is 0.607 bits per heavy atom. The molecule has 3 aromatic carbocycles. The third kappa shape index (κ3) is 5.02. The number of hydrogen-bond acceptors (Lipinski definition) is 1. The predicted molar refractivity (Wildman–Crippen MR) is 131 cm³/mol. The van der Waals surface area contributed by atoms with E-state index in [1.807, 2.05) is 42.5 Å². The Kier molecular flexibility index (Phi) is 7.28. The summed E-state index contributed by atoms with van der Waals surface area (Å²) >= 11 is 0. The Hall–Kier alpha value is -1.25. The summed E-state index contributed by atoms with van der Waals surface area (Å²) in [6.07, 6.45) is 2.13. The SMILES string of the molecule is CP(C)Cc1cccc(P(=O)(c2ccccc2)c2cccc(CP(C)C)c2)c1. The molecular formula is C24H29OP3. The van der Waals surface area contributed by atoms with Gasteiger partial charge in [0.1, 0.15) is 0 Å². The van der Waals surface area contributed by atoms with Crippen molar-refractivity contribution in [3.63, 3.8) is 0 Å². The quantitative estimate of drug-likeness (QED) is 0.436. The van der Waals surface area contributed by atoms with Gasteiger partial charge in [-0.25, -0.2) is 0 Å². The van der Waals surface area contributed by atoms with Crippen LogP contribution in [-0.2, 0) is 16.9 Å².